The number of anilines is 2. The number of carbonyl (C=O) groups excluding carboxylic acids is 2. The molecule has 9 heteroatoms. The molecule has 0 aliphatic carbocycles. The molecule has 2 aromatic carbocycles. The summed E-state index contributed by atoms with van der Waals surface area (Å²) in [5.74, 6) is -0.528. The first-order valence-electron chi connectivity index (χ1n) is 13.1. The summed E-state index contributed by atoms with van der Waals surface area (Å²) in [5.41, 5.74) is 5.84. The van der Waals surface area contributed by atoms with Crippen molar-refractivity contribution in [2.45, 2.75) is 32.9 Å². The lowest BCUT2D eigenvalue weighted by molar-refractivity contribution is -0.118. The summed E-state index contributed by atoms with van der Waals surface area (Å²) in [7, 11) is 1.37. The van der Waals surface area contributed by atoms with Crippen LogP contribution in [-0.4, -0.2) is 33.6 Å². The Morgan fingerprint density at radius 1 is 1.02 bits per heavy atom. The van der Waals surface area contributed by atoms with E-state index in [2.05, 4.69) is 31.2 Å². The molecule has 4 aromatic rings. The van der Waals surface area contributed by atoms with E-state index in [1.54, 1.807) is 18.3 Å². The minimum Gasteiger partial charge on any atom is -0.465 e. The number of carbonyl (C=O) groups is 2. The first-order valence-corrected chi connectivity index (χ1v) is 13.5. The first kappa shape index (κ1) is 27.1. The van der Waals surface area contributed by atoms with E-state index in [1.807, 2.05) is 81.6 Å². The number of aromatic nitrogens is 2. The number of thiocarbonyl (C=S) groups is 1. The van der Waals surface area contributed by atoms with Crippen molar-refractivity contribution in [2.75, 3.05) is 17.3 Å². The molecule has 0 radical (unpaired) electrons. The lowest BCUT2D eigenvalue weighted by Crippen LogP contribution is -2.30. The third-order valence-corrected chi connectivity index (χ3v) is 7.33. The predicted octanol–water partition coefficient (Wildman–Crippen LogP) is 5.74. The van der Waals surface area contributed by atoms with Crippen molar-refractivity contribution in [3.63, 3.8) is 0 Å². The molecule has 204 valence electrons. The number of hydrogen-bond donors (Lipinski definition) is 2. The van der Waals surface area contributed by atoms with Crippen molar-refractivity contribution < 1.29 is 14.3 Å². The fourth-order valence-corrected chi connectivity index (χ4v) is 5.24. The van der Waals surface area contributed by atoms with E-state index in [1.165, 1.54) is 7.11 Å². The van der Waals surface area contributed by atoms with E-state index < -0.39 is 0 Å². The number of benzene rings is 2. The van der Waals surface area contributed by atoms with E-state index in [0.717, 1.165) is 34.0 Å². The van der Waals surface area contributed by atoms with Crippen LogP contribution in [0.5, 0.6) is 0 Å². The zero-order chi connectivity index (χ0) is 28.4. The molecule has 1 saturated heterocycles. The minimum absolute atomic E-state index is 0.0293. The molecule has 40 heavy (non-hydrogen) atoms. The summed E-state index contributed by atoms with van der Waals surface area (Å²) in [6, 6.07) is 22.7. The number of methoxy groups -OCH3 is 1. The Kier molecular flexibility index (Phi) is 7.66. The Balaban J connectivity index is 1.58. The lowest BCUT2D eigenvalue weighted by Gasteiger charge is -2.29. The number of ether oxygens (including phenoxy) is 1. The maximum absolute atomic E-state index is 12.3. The van der Waals surface area contributed by atoms with Gasteiger partial charge < -0.3 is 24.8 Å². The van der Waals surface area contributed by atoms with Crippen molar-refractivity contribution in [2.24, 2.45) is 5.92 Å². The summed E-state index contributed by atoms with van der Waals surface area (Å²) in [4.78, 5) is 31.1. The SMILES string of the molecule is COC(=O)c1ccc(-n2cccc2C2C(c3ccccn3)NC(=S)N2c2ccc(NC(=O)C(C)C)c(C)c2)cc1. The van der Waals surface area contributed by atoms with Crippen molar-refractivity contribution in [1.29, 1.82) is 0 Å². The van der Waals surface area contributed by atoms with Gasteiger partial charge in [-0.05, 0) is 91.4 Å². The lowest BCUT2D eigenvalue weighted by atomic mass is 10.00. The number of amides is 1. The Hall–Kier alpha value is -4.50. The molecule has 5 rings (SSSR count). The summed E-state index contributed by atoms with van der Waals surface area (Å²) < 4.78 is 6.95. The molecule has 2 N–H and O–H groups in total. The molecular formula is C31H31N5O3S. The number of rotatable bonds is 7. The summed E-state index contributed by atoms with van der Waals surface area (Å²) in [5, 5.41) is 7.08. The maximum Gasteiger partial charge on any atom is 0.337 e. The molecule has 1 aliphatic rings. The van der Waals surface area contributed by atoms with Gasteiger partial charge in [-0.1, -0.05) is 19.9 Å². The standard InChI is InChI=1S/C31H31N5O3S/c1-19(2)29(37)33-24-15-14-23(18-20(24)3)36-28(27(34-31(36)40)25-8-5-6-16-32-25)26-9-7-17-35(26)22-12-10-21(11-13-22)30(38)39-4/h5-19,27-28H,1-4H3,(H,33,37)(H,34,40). The van der Waals surface area contributed by atoms with Gasteiger partial charge in [0, 0.05) is 41.1 Å². The third-order valence-electron chi connectivity index (χ3n) is 7.02. The van der Waals surface area contributed by atoms with E-state index in [9.17, 15) is 9.59 Å². The number of nitrogens with zero attached hydrogens (tertiary/aromatic N) is 3. The topological polar surface area (TPSA) is 88.5 Å². The number of aryl methyl sites for hydroxylation is 1. The molecule has 2 atom stereocenters. The average Bonchev–Trinajstić information content (AvgIpc) is 3.58. The molecule has 3 heterocycles. The van der Waals surface area contributed by atoms with Gasteiger partial charge >= 0.3 is 5.97 Å². The highest BCUT2D eigenvalue weighted by Gasteiger charge is 2.42. The molecule has 8 nitrogen and oxygen atoms in total. The fraction of sp³-hybridized carbons (Fsp3) is 0.226. The van der Waals surface area contributed by atoms with Crippen LogP contribution in [0.3, 0.4) is 0 Å². The van der Waals surface area contributed by atoms with Gasteiger partial charge in [0.1, 0.15) is 6.04 Å². The van der Waals surface area contributed by atoms with Crippen LogP contribution in [0.15, 0.2) is 85.2 Å². The number of nitrogens with one attached hydrogen (secondary N) is 2. The summed E-state index contributed by atoms with van der Waals surface area (Å²) in [6.45, 7) is 5.71. The molecule has 0 saturated carbocycles. The molecule has 2 aromatic heterocycles. The van der Waals surface area contributed by atoms with Crippen LogP contribution in [0.4, 0.5) is 11.4 Å². The zero-order valence-electron chi connectivity index (χ0n) is 22.8. The van der Waals surface area contributed by atoms with Gasteiger partial charge in [0.25, 0.3) is 0 Å². The van der Waals surface area contributed by atoms with Gasteiger partial charge in [-0.25, -0.2) is 4.79 Å². The quantitative estimate of drug-likeness (QED) is 0.223. The first-order chi connectivity index (χ1) is 19.3. The predicted molar refractivity (Wildman–Crippen MR) is 160 cm³/mol. The molecular weight excluding hydrogens is 522 g/mol. The Bertz CT molecular complexity index is 1550. The molecule has 0 spiro atoms. The van der Waals surface area contributed by atoms with Gasteiger partial charge in [0.15, 0.2) is 5.11 Å². The van der Waals surface area contributed by atoms with Gasteiger partial charge in [0.05, 0.1) is 24.4 Å². The van der Waals surface area contributed by atoms with Crippen LogP contribution >= 0.6 is 12.2 Å². The number of pyridine rings is 1. The maximum atomic E-state index is 12.3. The Morgan fingerprint density at radius 2 is 1.77 bits per heavy atom. The van der Waals surface area contributed by atoms with Crippen LogP contribution < -0.4 is 15.5 Å². The highest BCUT2D eigenvalue weighted by atomic mass is 32.1. The largest absolute Gasteiger partial charge is 0.465 e. The molecule has 1 amide bonds. The van der Waals surface area contributed by atoms with E-state index in [4.69, 9.17) is 17.0 Å². The van der Waals surface area contributed by atoms with Gasteiger partial charge in [-0.15, -0.1) is 0 Å². The molecule has 2 unspecified atom stereocenters. The number of hydrogen-bond acceptors (Lipinski definition) is 5. The summed E-state index contributed by atoms with van der Waals surface area (Å²) in [6.07, 6.45) is 3.77. The normalized spacial score (nSPS) is 16.6. The second-order valence-corrected chi connectivity index (χ2v) is 10.4. The summed E-state index contributed by atoms with van der Waals surface area (Å²) >= 11 is 5.91. The highest BCUT2D eigenvalue weighted by molar-refractivity contribution is 7.80. The van der Waals surface area contributed by atoms with Gasteiger partial charge in [-0.3, -0.25) is 9.78 Å². The number of esters is 1. The van der Waals surface area contributed by atoms with Crippen molar-refractivity contribution in [3.05, 3.63) is 108 Å². The second-order valence-electron chi connectivity index (χ2n) is 9.98. The van der Waals surface area contributed by atoms with Gasteiger partial charge in [-0.2, -0.15) is 0 Å². The smallest absolute Gasteiger partial charge is 0.337 e. The van der Waals surface area contributed by atoms with E-state index in [-0.39, 0.29) is 29.9 Å². The highest BCUT2D eigenvalue weighted by Crippen LogP contribution is 2.43. The third kappa shape index (κ3) is 5.20. The van der Waals surface area contributed by atoms with Crippen LogP contribution in [0.25, 0.3) is 5.69 Å². The van der Waals surface area contributed by atoms with Crippen LogP contribution in [0.1, 0.15) is 53.2 Å². The Morgan fingerprint density at radius 3 is 2.42 bits per heavy atom. The monoisotopic (exact) mass is 553 g/mol. The zero-order valence-corrected chi connectivity index (χ0v) is 23.6. The van der Waals surface area contributed by atoms with Crippen LogP contribution in [-0.2, 0) is 9.53 Å². The van der Waals surface area contributed by atoms with Crippen molar-refractivity contribution in [1.82, 2.24) is 14.9 Å². The average molecular weight is 554 g/mol. The van der Waals surface area contributed by atoms with E-state index >= 15 is 0 Å². The molecule has 1 fully saturated rings. The molecule has 1 aliphatic heterocycles. The van der Waals surface area contributed by atoms with Gasteiger partial charge in [0.2, 0.25) is 5.91 Å². The fourth-order valence-electron chi connectivity index (χ4n) is 4.89. The Labute approximate surface area is 239 Å². The van der Waals surface area contributed by atoms with Crippen molar-refractivity contribution >= 4 is 40.6 Å². The minimum atomic E-state index is -0.380. The molecule has 0 bridgehead atoms. The second kappa shape index (κ2) is 11.3. The van der Waals surface area contributed by atoms with Crippen LogP contribution in [0, 0.1) is 12.8 Å². The van der Waals surface area contributed by atoms with Crippen LogP contribution in [0.2, 0.25) is 0 Å². The van der Waals surface area contributed by atoms with Crippen molar-refractivity contribution in [3.8, 4) is 5.69 Å². The van der Waals surface area contributed by atoms with E-state index in [0.29, 0.717) is 10.7 Å².